The van der Waals surface area contributed by atoms with Gasteiger partial charge in [0.1, 0.15) is 9.71 Å². The highest BCUT2D eigenvalue weighted by Crippen LogP contribution is 2.40. The lowest BCUT2D eigenvalue weighted by atomic mass is 9.71. The van der Waals surface area contributed by atoms with E-state index in [-0.39, 0.29) is 11.2 Å². The number of benzene rings is 1. The van der Waals surface area contributed by atoms with Crippen LogP contribution in [-0.4, -0.2) is 10.8 Å². The fourth-order valence-electron chi connectivity index (χ4n) is 3.83. The van der Waals surface area contributed by atoms with Crippen LogP contribution in [0.15, 0.2) is 34.8 Å². The molecule has 4 rings (SSSR count). The smallest absolute Gasteiger partial charge is 0.205 e. The standard InChI is InChI=1S/C22H23BrN2OS/c1-22(2,3)14-6-9-17-13(10-14)11-16-18(24)20(27-21(16)25-17)19(26)12-4-7-15(23)8-5-12/h4-5,7-8,11,14H,6,9-10,24H2,1-3H3. The van der Waals surface area contributed by atoms with Crippen molar-refractivity contribution < 1.29 is 4.79 Å². The number of ketones is 1. The van der Waals surface area contributed by atoms with Crippen LogP contribution in [0.2, 0.25) is 0 Å². The average molecular weight is 443 g/mol. The van der Waals surface area contributed by atoms with E-state index in [2.05, 4.69) is 42.8 Å². The first-order valence-electron chi connectivity index (χ1n) is 9.25. The van der Waals surface area contributed by atoms with Gasteiger partial charge in [0.05, 0.1) is 5.69 Å². The molecule has 0 radical (unpaired) electrons. The zero-order valence-corrected chi connectivity index (χ0v) is 18.2. The number of aryl methyl sites for hydroxylation is 1. The Morgan fingerprint density at radius 2 is 1.96 bits per heavy atom. The Morgan fingerprint density at radius 1 is 1.26 bits per heavy atom. The van der Waals surface area contributed by atoms with Crippen molar-refractivity contribution in [2.24, 2.45) is 11.3 Å². The van der Waals surface area contributed by atoms with Gasteiger partial charge in [0, 0.05) is 21.1 Å². The van der Waals surface area contributed by atoms with Crippen molar-refractivity contribution in [3.8, 4) is 0 Å². The van der Waals surface area contributed by atoms with Crippen LogP contribution in [-0.2, 0) is 12.8 Å². The molecule has 0 saturated carbocycles. The zero-order chi connectivity index (χ0) is 19.3. The first-order chi connectivity index (χ1) is 12.7. The summed E-state index contributed by atoms with van der Waals surface area (Å²) in [5, 5.41) is 0.925. The fraction of sp³-hybridized carbons (Fsp3) is 0.364. The summed E-state index contributed by atoms with van der Waals surface area (Å²) in [5.74, 6) is 0.613. The number of nitrogens with zero attached hydrogens (tertiary/aromatic N) is 1. The molecule has 0 saturated heterocycles. The average Bonchev–Trinajstić information content (AvgIpc) is 2.94. The molecule has 0 bridgehead atoms. The Labute approximate surface area is 172 Å². The van der Waals surface area contributed by atoms with Gasteiger partial charge in [-0.3, -0.25) is 4.79 Å². The van der Waals surface area contributed by atoms with Crippen molar-refractivity contribution >= 4 is 49.0 Å². The van der Waals surface area contributed by atoms with Gasteiger partial charge in [-0.2, -0.15) is 0 Å². The summed E-state index contributed by atoms with van der Waals surface area (Å²) in [6.07, 6.45) is 3.20. The molecule has 1 unspecified atom stereocenters. The maximum Gasteiger partial charge on any atom is 0.205 e. The van der Waals surface area contributed by atoms with E-state index in [1.807, 2.05) is 24.3 Å². The van der Waals surface area contributed by atoms with Gasteiger partial charge in [0.2, 0.25) is 5.78 Å². The van der Waals surface area contributed by atoms with Gasteiger partial charge in [-0.15, -0.1) is 11.3 Å². The van der Waals surface area contributed by atoms with Crippen molar-refractivity contribution in [1.29, 1.82) is 0 Å². The van der Waals surface area contributed by atoms with Gasteiger partial charge in [0.25, 0.3) is 0 Å². The topological polar surface area (TPSA) is 56.0 Å². The largest absolute Gasteiger partial charge is 0.397 e. The summed E-state index contributed by atoms with van der Waals surface area (Å²) in [6.45, 7) is 6.92. The highest BCUT2D eigenvalue weighted by molar-refractivity contribution is 9.10. The number of pyridine rings is 1. The normalized spacial score (nSPS) is 17.1. The number of anilines is 1. The van der Waals surface area contributed by atoms with E-state index in [0.717, 1.165) is 27.5 Å². The SMILES string of the molecule is CC(C)(C)C1CCc2nc3sc(C(=O)c4ccc(Br)cc4)c(N)c3cc2C1. The lowest BCUT2D eigenvalue weighted by molar-refractivity contribution is 0.104. The second kappa shape index (κ2) is 6.71. The van der Waals surface area contributed by atoms with Crippen LogP contribution in [0.1, 0.15) is 53.7 Å². The van der Waals surface area contributed by atoms with E-state index in [4.69, 9.17) is 10.7 Å². The molecular weight excluding hydrogens is 420 g/mol. The van der Waals surface area contributed by atoms with Crippen LogP contribution in [0.25, 0.3) is 10.2 Å². The molecule has 2 heterocycles. The van der Waals surface area contributed by atoms with Gasteiger partial charge in [-0.05, 0) is 66.5 Å². The van der Waals surface area contributed by atoms with Crippen molar-refractivity contribution in [3.05, 3.63) is 56.5 Å². The van der Waals surface area contributed by atoms with Crippen LogP contribution in [0, 0.1) is 11.3 Å². The molecule has 1 aromatic carbocycles. The number of fused-ring (bicyclic) bond motifs is 2. The number of halogens is 1. The molecule has 27 heavy (non-hydrogen) atoms. The number of hydrogen-bond donors (Lipinski definition) is 1. The van der Waals surface area contributed by atoms with Gasteiger partial charge in [-0.1, -0.05) is 36.7 Å². The molecular formula is C22H23BrN2OS. The number of thiophene rings is 1. The minimum atomic E-state index is -0.0338. The molecule has 2 aromatic heterocycles. The number of aromatic nitrogens is 1. The minimum Gasteiger partial charge on any atom is -0.397 e. The van der Waals surface area contributed by atoms with Crippen molar-refractivity contribution in [2.75, 3.05) is 5.73 Å². The third kappa shape index (κ3) is 3.43. The number of nitrogen functional groups attached to an aromatic ring is 1. The van der Waals surface area contributed by atoms with Crippen LogP contribution in [0.4, 0.5) is 5.69 Å². The zero-order valence-electron chi connectivity index (χ0n) is 15.8. The Kier molecular flexibility index (Phi) is 4.63. The molecule has 0 amide bonds. The molecule has 1 aliphatic rings. The maximum absolute atomic E-state index is 12.9. The van der Waals surface area contributed by atoms with Gasteiger partial charge < -0.3 is 5.73 Å². The number of carbonyl (C=O) groups is 1. The van der Waals surface area contributed by atoms with E-state index in [1.54, 1.807) is 0 Å². The van der Waals surface area contributed by atoms with Crippen molar-refractivity contribution in [1.82, 2.24) is 4.98 Å². The Hall–Kier alpha value is -1.72. The van der Waals surface area contributed by atoms with E-state index in [9.17, 15) is 4.79 Å². The van der Waals surface area contributed by atoms with Crippen molar-refractivity contribution in [3.63, 3.8) is 0 Å². The number of hydrogen-bond acceptors (Lipinski definition) is 4. The van der Waals surface area contributed by atoms with E-state index >= 15 is 0 Å². The Morgan fingerprint density at radius 3 is 2.63 bits per heavy atom. The summed E-state index contributed by atoms with van der Waals surface area (Å²) in [5.41, 5.74) is 10.4. The van der Waals surface area contributed by atoms with E-state index in [0.29, 0.717) is 22.0 Å². The minimum absolute atomic E-state index is 0.0338. The van der Waals surface area contributed by atoms with Crippen LogP contribution in [0.5, 0.6) is 0 Å². The first kappa shape index (κ1) is 18.6. The monoisotopic (exact) mass is 442 g/mol. The Balaban J connectivity index is 1.75. The molecule has 3 aromatic rings. The lowest BCUT2D eigenvalue weighted by Gasteiger charge is -2.34. The predicted octanol–water partition coefficient (Wildman–Crippen LogP) is 6.02. The lowest BCUT2D eigenvalue weighted by Crippen LogP contribution is -2.27. The third-order valence-electron chi connectivity index (χ3n) is 5.62. The highest BCUT2D eigenvalue weighted by atomic mass is 79.9. The molecule has 3 nitrogen and oxygen atoms in total. The first-order valence-corrected chi connectivity index (χ1v) is 10.9. The quantitative estimate of drug-likeness (QED) is 0.493. The summed E-state index contributed by atoms with van der Waals surface area (Å²) in [7, 11) is 0. The Bertz CT molecular complexity index is 1030. The van der Waals surface area contributed by atoms with E-state index in [1.165, 1.54) is 29.0 Å². The molecule has 2 N–H and O–H groups in total. The van der Waals surface area contributed by atoms with Gasteiger partial charge in [-0.25, -0.2) is 4.98 Å². The fourth-order valence-corrected chi connectivity index (χ4v) is 5.15. The van der Waals surface area contributed by atoms with Gasteiger partial charge >= 0.3 is 0 Å². The van der Waals surface area contributed by atoms with Crippen LogP contribution in [0.3, 0.4) is 0 Å². The molecule has 1 atom stereocenters. The molecule has 140 valence electrons. The highest BCUT2D eigenvalue weighted by Gasteiger charge is 2.30. The number of carbonyl (C=O) groups excluding carboxylic acids is 1. The van der Waals surface area contributed by atoms with E-state index < -0.39 is 0 Å². The molecule has 0 spiro atoms. The molecule has 0 fully saturated rings. The van der Waals surface area contributed by atoms with Crippen molar-refractivity contribution in [2.45, 2.75) is 40.0 Å². The predicted molar refractivity (Wildman–Crippen MR) is 117 cm³/mol. The summed E-state index contributed by atoms with van der Waals surface area (Å²) < 4.78 is 0.950. The van der Waals surface area contributed by atoms with Crippen LogP contribution >= 0.6 is 27.3 Å². The second-order valence-corrected chi connectivity index (χ2v) is 10.3. The maximum atomic E-state index is 12.9. The summed E-state index contributed by atoms with van der Waals surface area (Å²) in [6, 6.07) is 9.58. The molecule has 5 heteroatoms. The van der Waals surface area contributed by atoms with Crippen LogP contribution < -0.4 is 5.73 Å². The number of rotatable bonds is 2. The summed E-state index contributed by atoms with van der Waals surface area (Å²) in [4.78, 5) is 19.3. The number of nitrogens with two attached hydrogens (primary N) is 1. The third-order valence-corrected chi connectivity index (χ3v) is 7.27. The van der Waals surface area contributed by atoms with Gasteiger partial charge in [0.15, 0.2) is 0 Å². The molecule has 1 aliphatic carbocycles. The summed E-state index contributed by atoms with van der Waals surface area (Å²) >= 11 is 4.82. The second-order valence-electron chi connectivity index (χ2n) is 8.43. The molecule has 0 aliphatic heterocycles.